The third kappa shape index (κ3) is 4.19. The molecule has 4 rings (SSSR count). The lowest BCUT2D eigenvalue weighted by Crippen LogP contribution is -2.19. The number of fused-ring (bicyclic) bond motifs is 1. The number of hydrogen-bond donors (Lipinski definition) is 1. The van der Waals surface area contributed by atoms with Crippen molar-refractivity contribution in [2.75, 3.05) is 6.61 Å². The van der Waals surface area contributed by atoms with E-state index in [0.717, 1.165) is 5.56 Å². The molecule has 0 atom stereocenters. The summed E-state index contributed by atoms with van der Waals surface area (Å²) in [5, 5.41) is 9.13. The van der Waals surface area contributed by atoms with Crippen LogP contribution in [0.2, 0.25) is 0 Å². The molecule has 0 bridgehead atoms. The third-order valence-electron chi connectivity index (χ3n) is 4.59. The first kappa shape index (κ1) is 18.5. The highest BCUT2D eigenvalue weighted by Crippen LogP contribution is 2.31. The van der Waals surface area contributed by atoms with Crippen molar-refractivity contribution < 1.29 is 24.2 Å². The lowest BCUT2D eigenvalue weighted by molar-refractivity contribution is 0.0696. The van der Waals surface area contributed by atoms with Gasteiger partial charge in [0.25, 0.3) is 0 Å². The lowest BCUT2D eigenvalue weighted by atomic mass is 9.97. The van der Waals surface area contributed by atoms with Crippen LogP contribution < -0.4 is 9.47 Å². The fraction of sp³-hybridized carbons (Fsp3) is 0.0833. The van der Waals surface area contributed by atoms with E-state index in [0.29, 0.717) is 34.8 Å². The van der Waals surface area contributed by atoms with Crippen LogP contribution in [0.4, 0.5) is 0 Å². The Morgan fingerprint density at radius 3 is 2.66 bits per heavy atom. The van der Waals surface area contributed by atoms with Gasteiger partial charge in [0.2, 0.25) is 0 Å². The molecule has 3 aromatic carbocycles. The van der Waals surface area contributed by atoms with Gasteiger partial charge < -0.3 is 14.6 Å². The number of Topliss-reactive ketones (excluding diaryl/α,β-unsaturated/α-hetero) is 1. The molecule has 0 spiro atoms. The second-order valence-electron chi connectivity index (χ2n) is 6.65. The molecular weight excluding hydrogens is 368 g/mol. The second-order valence-corrected chi connectivity index (χ2v) is 6.65. The Morgan fingerprint density at radius 1 is 1.03 bits per heavy atom. The summed E-state index contributed by atoms with van der Waals surface area (Å²) in [5.41, 5.74) is 2.73. The summed E-state index contributed by atoms with van der Waals surface area (Å²) in [6.45, 7) is 0.534. The van der Waals surface area contributed by atoms with Gasteiger partial charge in [0.1, 0.15) is 24.7 Å². The maximum atomic E-state index is 12.9. The number of carbonyl (C=O) groups is 2. The Labute approximate surface area is 167 Å². The van der Waals surface area contributed by atoms with Gasteiger partial charge in [0, 0.05) is 5.57 Å². The molecule has 0 saturated carbocycles. The third-order valence-corrected chi connectivity index (χ3v) is 4.59. The molecule has 1 aliphatic rings. The predicted molar refractivity (Wildman–Crippen MR) is 108 cm³/mol. The van der Waals surface area contributed by atoms with Crippen LogP contribution in [0.5, 0.6) is 11.5 Å². The van der Waals surface area contributed by atoms with Crippen molar-refractivity contribution in [1.82, 2.24) is 0 Å². The van der Waals surface area contributed by atoms with E-state index in [1.807, 2.05) is 30.3 Å². The van der Waals surface area contributed by atoms with Gasteiger partial charge in [-0.25, -0.2) is 4.79 Å². The predicted octanol–water partition coefficient (Wildman–Crippen LogP) is 4.62. The average molecular weight is 386 g/mol. The van der Waals surface area contributed by atoms with E-state index < -0.39 is 5.97 Å². The molecule has 1 heterocycles. The number of ether oxygens (including phenoxy) is 2. The zero-order chi connectivity index (χ0) is 20.2. The highest BCUT2D eigenvalue weighted by molar-refractivity contribution is 6.14. The van der Waals surface area contributed by atoms with Gasteiger partial charge >= 0.3 is 5.97 Å². The van der Waals surface area contributed by atoms with Gasteiger partial charge in [0.15, 0.2) is 5.78 Å². The van der Waals surface area contributed by atoms with E-state index in [2.05, 4.69) is 0 Å². The Hall–Kier alpha value is -3.86. The smallest absolute Gasteiger partial charge is 0.335 e. The summed E-state index contributed by atoms with van der Waals surface area (Å²) in [6.07, 6.45) is 1.66. The van der Waals surface area contributed by atoms with Crippen LogP contribution in [-0.2, 0) is 6.61 Å². The molecule has 0 amide bonds. The van der Waals surface area contributed by atoms with Gasteiger partial charge in [-0.2, -0.15) is 0 Å². The molecule has 0 fully saturated rings. The first-order valence-corrected chi connectivity index (χ1v) is 9.12. The van der Waals surface area contributed by atoms with Gasteiger partial charge in [-0.3, -0.25) is 4.79 Å². The topological polar surface area (TPSA) is 72.8 Å². The van der Waals surface area contributed by atoms with Crippen molar-refractivity contribution in [3.05, 3.63) is 101 Å². The molecule has 3 aromatic rings. The fourth-order valence-electron chi connectivity index (χ4n) is 3.11. The lowest BCUT2D eigenvalue weighted by Gasteiger charge is -2.20. The van der Waals surface area contributed by atoms with Crippen LogP contribution in [0.25, 0.3) is 6.08 Å². The molecule has 144 valence electrons. The first-order valence-electron chi connectivity index (χ1n) is 9.12. The molecule has 5 nitrogen and oxygen atoms in total. The maximum Gasteiger partial charge on any atom is 0.335 e. The summed E-state index contributed by atoms with van der Waals surface area (Å²) < 4.78 is 11.5. The van der Waals surface area contributed by atoms with Crippen LogP contribution in [-0.4, -0.2) is 23.5 Å². The number of aromatic carboxylic acids is 1. The van der Waals surface area contributed by atoms with E-state index in [-0.39, 0.29) is 18.0 Å². The van der Waals surface area contributed by atoms with Crippen LogP contribution >= 0.6 is 0 Å². The number of rotatable bonds is 5. The molecule has 0 radical (unpaired) electrons. The van der Waals surface area contributed by atoms with Crippen LogP contribution in [0, 0.1) is 0 Å². The van der Waals surface area contributed by atoms with Crippen molar-refractivity contribution in [3.63, 3.8) is 0 Å². The van der Waals surface area contributed by atoms with Gasteiger partial charge in [-0.05, 0) is 47.5 Å². The summed E-state index contributed by atoms with van der Waals surface area (Å²) in [4.78, 5) is 24.1. The molecule has 0 aromatic heterocycles. The summed E-state index contributed by atoms with van der Waals surface area (Å²) in [5.74, 6) is -0.0728. The minimum absolute atomic E-state index is 0.132. The Balaban J connectivity index is 1.56. The van der Waals surface area contributed by atoms with Gasteiger partial charge in [-0.1, -0.05) is 42.5 Å². The monoisotopic (exact) mass is 386 g/mol. The Kier molecular flexibility index (Phi) is 5.12. The summed E-state index contributed by atoms with van der Waals surface area (Å²) in [7, 11) is 0. The quantitative estimate of drug-likeness (QED) is 0.648. The number of carboxylic acids is 1. The zero-order valence-corrected chi connectivity index (χ0v) is 15.5. The number of ketones is 1. The molecule has 0 aliphatic carbocycles. The standard InChI is InChI=1S/C24H18O5/c25-23-19(12-17-7-4-8-18(11-17)24(26)27)15-29-22-10-9-20(13-21(22)23)28-14-16-5-2-1-3-6-16/h1-13H,14-15H2,(H,26,27)/b19-12+. The van der Waals surface area contributed by atoms with E-state index in [4.69, 9.17) is 14.6 Å². The van der Waals surface area contributed by atoms with E-state index in [1.54, 1.807) is 36.4 Å². The Bertz CT molecular complexity index is 1100. The van der Waals surface area contributed by atoms with Gasteiger partial charge in [0.05, 0.1) is 11.1 Å². The largest absolute Gasteiger partial charge is 0.489 e. The molecule has 29 heavy (non-hydrogen) atoms. The number of carboxylic acid groups (broad SMARTS) is 1. The van der Waals surface area contributed by atoms with Crippen LogP contribution in [0.15, 0.2) is 78.4 Å². The fourth-order valence-corrected chi connectivity index (χ4v) is 3.11. The molecule has 1 N–H and O–H groups in total. The van der Waals surface area contributed by atoms with Crippen molar-refractivity contribution in [3.8, 4) is 11.5 Å². The summed E-state index contributed by atoms with van der Waals surface area (Å²) >= 11 is 0. The van der Waals surface area contributed by atoms with Crippen LogP contribution in [0.3, 0.4) is 0 Å². The normalized spacial score (nSPS) is 14.2. The van der Waals surface area contributed by atoms with E-state index in [1.165, 1.54) is 12.1 Å². The van der Waals surface area contributed by atoms with Crippen molar-refractivity contribution >= 4 is 17.8 Å². The zero-order valence-electron chi connectivity index (χ0n) is 15.5. The summed E-state index contributed by atoms with van der Waals surface area (Å²) in [6, 6.07) is 21.4. The minimum atomic E-state index is -1.01. The Morgan fingerprint density at radius 2 is 1.86 bits per heavy atom. The van der Waals surface area contributed by atoms with Gasteiger partial charge in [-0.15, -0.1) is 0 Å². The number of hydrogen-bond acceptors (Lipinski definition) is 4. The van der Waals surface area contributed by atoms with E-state index >= 15 is 0 Å². The molecule has 1 aliphatic heterocycles. The van der Waals surface area contributed by atoms with Crippen molar-refractivity contribution in [1.29, 1.82) is 0 Å². The van der Waals surface area contributed by atoms with Crippen molar-refractivity contribution in [2.24, 2.45) is 0 Å². The first-order chi connectivity index (χ1) is 14.1. The van der Waals surface area contributed by atoms with E-state index in [9.17, 15) is 9.59 Å². The highest BCUT2D eigenvalue weighted by atomic mass is 16.5. The minimum Gasteiger partial charge on any atom is -0.489 e. The second kappa shape index (κ2) is 8.02. The van der Waals surface area contributed by atoms with Crippen LogP contribution in [0.1, 0.15) is 31.8 Å². The molecule has 5 heteroatoms. The number of carbonyl (C=O) groups excluding carboxylic acids is 1. The SMILES string of the molecule is O=C(O)c1cccc(/C=C2\COc3ccc(OCc4ccccc4)cc3C2=O)c1. The van der Waals surface area contributed by atoms with Crippen molar-refractivity contribution in [2.45, 2.75) is 6.61 Å². The molecule has 0 saturated heterocycles. The highest BCUT2D eigenvalue weighted by Gasteiger charge is 2.24. The number of benzene rings is 3. The average Bonchev–Trinajstić information content (AvgIpc) is 2.75. The maximum absolute atomic E-state index is 12.9. The molecular formula is C24H18O5. The molecule has 0 unspecified atom stereocenters.